The number of pyridine rings is 1. The molecule has 2 aromatic rings. The van der Waals surface area contributed by atoms with Crippen LogP contribution in [0, 0.1) is 6.92 Å². The fraction of sp³-hybridized carbons (Fsp3) is 0.308. The second-order valence-electron chi connectivity index (χ2n) is 3.93. The number of hydrogen-bond acceptors (Lipinski definition) is 4. The minimum Gasteiger partial charge on any atom is -0.467 e. The Balaban J connectivity index is 1.80. The predicted molar refractivity (Wildman–Crippen MR) is 64.3 cm³/mol. The summed E-state index contributed by atoms with van der Waals surface area (Å²) in [5, 5.41) is 12.9. The van der Waals surface area contributed by atoms with E-state index in [-0.39, 0.29) is 0 Å². The van der Waals surface area contributed by atoms with Crippen molar-refractivity contribution in [1.29, 1.82) is 0 Å². The van der Waals surface area contributed by atoms with Gasteiger partial charge in [-0.3, -0.25) is 4.98 Å². The zero-order valence-corrected chi connectivity index (χ0v) is 9.76. The molecule has 0 aliphatic rings. The van der Waals surface area contributed by atoms with E-state index in [4.69, 9.17) is 4.42 Å². The van der Waals surface area contributed by atoms with Crippen molar-refractivity contribution in [2.75, 3.05) is 6.54 Å². The molecule has 17 heavy (non-hydrogen) atoms. The highest BCUT2D eigenvalue weighted by atomic mass is 16.4. The first-order valence-electron chi connectivity index (χ1n) is 5.60. The third-order valence-corrected chi connectivity index (χ3v) is 2.46. The van der Waals surface area contributed by atoms with Crippen LogP contribution in [-0.2, 0) is 6.54 Å². The Hall–Kier alpha value is -1.65. The smallest absolute Gasteiger partial charge is 0.133 e. The number of nitrogens with zero attached hydrogens (tertiary/aromatic N) is 1. The molecule has 2 rings (SSSR count). The molecule has 0 amide bonds. The first-order valence-corrected chi connectivity index (χ1v) is 5.60. The molecule has 2 N–H and O–H groups in total. The molecule has 0 fully saturated rings. The lowest BCUT2D eigenvalue weighted by molar-refractivity contribution is 0.147. The van der Waals surface area contributed by atoms with E-state index in [2.05, 4.69) is 10.3 Å². The summed E-state index contributed by atoms with van der Waals surface area (Å²) in [6, 6.07) is 9.42. The molecule has 2 heterocycles. The molecule has 4 nitrogen and oxygen atoms in total. The second-order valence-corrected chi connectivity index (χ2v) is 3.93. The molecule has 0 saturated heterocycles. The van der Waals surface area contributed by atoms with Crippen LogP contribution in [0.5, 0.6) is 0 Å². The molecule has 1 atom stereocenters. The maximum absolute atomic E-state index is 9.77. The number of nitrogens with one attached hydrogen (secondary N) is 1. The molecule has 0 aromatic carbocycles. The van der Waals surface area contributed by atoms with Crippen LogP contribution in [0.3, 0.4) is 0 Å². The first kappa shape index (κ1) is 11.8. The molecule has 0 radical (unpaired) electrons. The summed E-state index contributed by atoms with van der Waals surface area (Å²) in [4.78, 5) is 4.37. The zero-order valence-electron chi connectivity index (χ0n) is 9.76. The van der Waals surface area contributed by atoms with Crippen LogP contribution in [0.2, 0.25) is 0 Å². The minimum absolute atomic E-state index is 0.448. The SMILES string of the molecule is Cc1cccc(CNCC(O)c2ccco2)n1. The van der Waals surface area contributed by atoms with Crippen molar-refractivity contribution >= 4 is 0 Å². The summed E-state index contributed by atoms with van der Waals surface area (Å²) in [6.45, 7) is 3.05. The van der Waals surface area contributed by atoms with E-state index >= 15 is 0 Å². The Kier molecular flexibility index (Phi) is 3.90. The Morgan fingerprint density at radius 1 is 1.35 bits per heavy atom. The number of furan rings is 1. The van der Waals surface area contributed by atoms with Gasteiger partial charge in [0.15, 0.2) is 0 Å². The van der Waals surface area contributed by atoms with E-state index in [9.17, 15) is 5.11 Å². The van der Waals surface area contributed by atoms with Gasteiger partial charge in [0, 0.05) is 18.8 Å². The highest BCUT2D eigenvalue weighted by Crippen LogP contribution is 2.11. The average Bonchev–Trinajstić information content (AvgIpc) is 2.82. The molecular weight excluding hydrogens is 216 g/mol. The summed E-state index contributed by atoms with van der Waals surface area (Å²) < 4.78 is 5.11. The lowest BCUT2D eigenvalue weighted by Gasteiger charge is -2.09. The molecule has 1 unspecified atom stereocenters. The van der Waals surface area contributed by atoms with Crippen molar-refractivity contribution in [1.82, 2.24) is 10.3 Å². The number of rotatable bonds is 5. The van der Waals surface area contributed by atoms with Crippen molar-refractivity contribution in [2.45, 2.75) is 19.6 Å². The van der Waals surface area contributed by atoms with Crippen LogP contribution in [0.25, 0.3) is 0 Å². The highest BCUT2D eigenvalue weighted by molar-refractivity contribution is 5.09. The van der Waals surface area contributed by atoms with Crippen LogP contribution in [-0.4, -0.2) is 16.6 Å². The van der Waals surface area contributed by atoms with Gasteiger partial charge in [-0.1, -0.05) is 6.07 Å². The van der Waals surface area contributed by atoms with Gasteiger partial charge in [0.25, 0.3) is 0 Å². The normalized spacial score (nSPS) is 12.6. The van der Waals surface area contributed by atoms with Gasteiger partial charge in [-0.05, 0) is 31.2 Å². The van der Waals surface area contributed by atoms with Gasteiger partial charge >= 0.3 is 0 Å². The standard InChI is InChI=1S/C13H16N2O2/c1-10-4-2-5-11(15-10)8-14-9-12(16)13-6-3-7-17-13/h2-7,12,14,16H,8-9H2,1H3. The van der Waals surface area contributed by atoms with Gasteiger partial charge in [0.2, 0.25) is 0 Å². The van der Waals surface area contributed by atoms with Crippen LogP contribution in [0.1, 0.15) is 23.3 Å². The lowest BCUT2D eigenvalue weighted by Crippen LogP contribution is -2.21. The number of aliphatic hydroxyl groups is 1. The maximum atomic E-state index is 9.77. The van der Waals surface area contributed by atoms with Crippen LogP contribution < -0.4 is 5.32 Å². The van der Waals surface area contributed by atoms with Gasteiger partial charge in [-0.15, -0.1) is 0 Å². The first-order chi connectivity index (χ1) is 8.25. The molecule has 4 heteroatoms. The van der Waals surface area contributed by atoms with Crippen molar-refractivity contribution in [2.24, 2.45) is 0 Å². The molecule has 0 aliphatic carbocycles. The third-order valence-electron chi connectivity index (χ3n) is 2.46. The van der Waals surface area contributed by atoms with Gasteiger partial charge in [-0.2, -0.15) is 0 Å². The van der Waals surface area contributed by atoms with E-state index in [0.717, 1.165) is 11.4 Å². The van der Waals surface area contributed by atoms with Crippen molar-refractivity contribution in [3.05, 3.63) is 53.7 Å². The summed E-state index contributed by atoms with van der Waals surface area (Å²) in [5.41, 5.74) is 1.97. The molecule has 0 bridgehead atoms. The minimum atomic E-state index is -0.616. The fourth-order valence-electron chi connectivity index (χ4n) is 1.62. The number of aliphatic hydroxyl groups excluding tert-OH is 1. The van der Waals surface area contributed by atoms with E-state index in [0.29, 0.717) is 18.8 Å². The van der Waals surface area contributed by atoms with E-state index in [1.54, 1.807) is 18.4 Å². The molecule has 90 valence electrons. The van der Waals surface area contributed by atoms with E-state index < -0.39 is 6.10 Å². The summed E-state index contributed by atoms with van der Waals surface area (Å²) in [6.07, 6.45) is 0.940. The van der Waals surface area contributed by atoms with Gasteiger partial charge < -0.3 is 14.8 Å². The fourth-order valence-corrected chi connectivity index (χ4v) is 1.62. The van der Waals surface area contributed by atoms with Crippen LogP contribution >= 0.6 is 0 Å². The Bertz CT molecular complexity index is 454. The van der Waals surface area contributed by atoms with Gasteiger partial charge in [0.1, 0.15) is 11.9 Å². The summed E-state index contributed by atoms with van der Waals surface area (Å²) in [7, 11) is 0. The molecular formula is C13H16N2O2. The second kappa shape index (κ2) is 5.61. The van der Waals surface area contributed by atoms with Crippen molar-refractivity contribution in [3.8, 4) is 0 Å². The average molecular weight is 232 g/mol. The zero-order chi connectivity index (χ0) is 12.1. The topological polar surface area (TPSA) is 58.3 Å². The summed E-state index contributed by atoms with van der Waals surface area (Å²) >= 11 is 0. The largest absolute Gasteiger partial charge is 0.467 e. The number of aromatic nitrogens is 1. The number of aryl methyl sites for hydroxylation is 1. The van der Waals surface area contributed by atoms with Gasteiger partial charge in [-0.25, -0.2) is 0 Å². The van der Waals surface area contributed by atoms with E-state index in [1.165, 1.54) is 0 Å². The Morgan fingerprint density at radius 3 is 2.94 bits per heavy atom. The highest BCUT2D eigenvalue weighted by Gasteiger charge is 2.09. The third kappa shape index (κ3) is 3.41. The van der Waals surface area contributed by atoms with Gasteiger partial charge in [0.05, 0.1) is 12.0 Å². The predicted octanol–water partition coefficient (Wildman–Crippen LogP) is 1.81. The number of hydrogen-bond donors (Lipinski definition) is 2. The quantitative estimate of drug-likeness (QED) is 0.825. The van der Waals surface area contributed by atoms with Crippen LogP contribution in [0.4, 0.5) is 0 Å². The molecule has 0 aliphatic heterocycles. The van der Waals surface area contributed by atoms with E-state index in [1.807, 2.05) is 25.1 Å². The Morgan fingerprint density at radius 2 is 2.24 bits per heavy atom. The monoisotopic (exact) mass is 232 g/mol. The summed E-state index contributed by atoms with van der Waals surface area (Å²) in [5.74, 6) is 0.578. The molecule has 0 saturated carbocycles. The van der Waals surface area contributed by atoms with Crippen molar-refractivity contribution < 1.29 is 9.52 Å². The maximum Gasteiger partial charge on any atom is 0.133 e. The molecule has 0 spiro atoms. The lowest BCUT2D eigenvalue weighted by atomic mass is 10.2. The van der Waals surface area contributed by atoms with Crippen LogP contribution in [0.15, 0.2) is 41.0 Å². The molecule has 2 aromatic heterocycles. The Labute approximate surface area is 100 Å². The van der Waals surface area contributed by atoms with Crippen molar-refractivity contribution in [3.63, 3.8) is 0 Å².